The minimum atomic E-state index is 0.399. The molecule has 0 amide bonds. The molecule has 5 rings (SSSR count). The highest BCUT2D eigenvalue weighted by Crippen LogP contribution is 2.38. The Hall–Kier alpha value is -3.35. The van der Waals surface area contributed by atoms with Gasteiger partial charge in [-0.1, -0.05) is 29.3 Å². The number of anilines is 2. The quantitative estimate of drug-likeness (QED) is 0.349. The molecule has 8 nitrogen and oxygen atoms in total. The molecule has 2 aromatic carbocycles. The van der Waals surface area contributed by atoms with Gasteiger partial charge in [0.2, 0.25) is 0 Å². The maximum absolute atomic E-state index is 9.75. The molecule has 0 saturated carbocycles. The lowest BCUT2D eigenvalue weighted by Crippen LogP contribution is -2.38. The lowest BCUT2D eigenvalue weighted by atomic mass is 10.1. The number of imidazole rings is 1. The van der Waals surface area contributed by atoms with Gasteiger partial charge in [0, 0.05) is 49.4 Å². The molecule has 184 valence electrons. The number of rotatable bonds is 7. The molecule has 2 aromatic heterocycles. The fourth-order valence-electron chi connectivity index (χ4n) is 4.30. The van der Waals surface area contributed by atoms with Gasteiger partial charge in [0.1, 0.15) is 11.8 Å². The second-order valence-corrected chi connectivity index (χ2v) is 9.22. The summed E-state index contributed by atoms with van der Waals surface area (Å²) in [7, 11) is 1.54. The molecule has 0 atom stereocenters. The van der Waals surface area contributed by atoms with Crippen LogP contribution < -0.4 is 10.1 Å². The highest BCUT2D eigenvalue weighted by Gasteiger charge is 2.16. The van der Waals surface area contributed by atoms with Gasteiger partial charge < -0.3 is 19.4 Å². The Morgan fingerprint density at radius 3 is 2.72 bits per heavy atom. The van der Waals surface area contributed by atoms with Gasteiger partial charge in [-0.3, -0.25) is 9.88 Å². The molecule has 4 aromatic rings. The van der Waals surface area contributed by atoms with Crippen LogP contribution in [0.3, 0.4) is 0 Å². The molecule has 0 bridgehead atoms. The lowest BCUT2D eigenvalue weighted by molar-refractivity contribution is 0.0364. The molecule has 0 spiro atoms. The summed E-state index contributed by atoms with van der Waals surface area (Å²) < 4.78 is 12.9. The highest BCUT2D eigenvalue weighted by molar-refractivity contribution is 6.37. The summed E-state index contributed by atoms with van der Waals surface area (Å²) in [6.07, 6.45) is 5.28. The summed E-state index contributed by atoms with van der Waals surface area (Å²) in [5.74, 6) is 0.480. The van der Waals surface area contributed by atoms with E-state index in [9.17, 15) is 5.26 Å². The fraction of sp³-hybridized carbons (Fsp3) is 0.269. The molecular weight excluding hydrogens is 499 g/mol. The maximum atomic E-state index is 9.75. The van der Waals surface area contributed by atoms with Gasteiger partial charge in [-0.2, -0.15) is 5.26 Å². The first kappa shape index (κ1) is 24.3. The normalized spacial score (nSPS) is 14.1. The van der Waals surface area contributed by atoms with Crippen molar-refractivity contribution in [1.29, 1.82) is 5.26 Å². The third-order valence-corrected chi connectivity index (χ3v) is 6.87. The number of fused-ring (bicyclic) bond motifs is 1. The largest absolute Gasteiger partial charge is 0.495 e. The van der Waals surface area contributed by atoms with Crippen LogP contribution in [0.5, 0.6) is 5.75 Å². The number of pyridine rings is 1. The van der Waals surface area contributed by atoms with Crippen LogP contribution in [0.25, 0.3) is 22.2 Å². The zero-order valence-electron chi connectivity index (χ0n) is 19.7. The standard InChI is InChI=1S/C26H24Cl2N6O2/c1-35-25-12-23(20(27)11-21(25)28)32-26-18(13-29)14-31-22-10-17(2-3-19(22)26)24-15-30-16-34(24)5-4-33-6-8-36-9-7-33/h2-3,10-12,14-16H,4-9H2,1H3,(H,31,32). The lowest BCUT2D eigenvalue weighted by Gasteiger charge is -2.26. The van der Waals surface area contributed by atoms with E-state index in [1.165, 1.54) is 7.11 Å². The van der Waals surface area contributed by atoms with Crippen molar-refractivity contribution in [2.24, 2.45) is 0 Å². The number of halogens is 2. The van der Waals surface area contributed by atoms with Crippen LogP contribution in [0.15, 0.2) is 49.1 Å². The van der Waals surface area contributed by atoms with E-state index in [0.29, 0.717) is 32.7 Å². The van der Waals surface area contributed by atoms with Crippen LogP contribution in [0.1, 0.15) is 5.56 Å². The van der Waals surface area contributed by atoms with Gasteiger partial charge in [-0.25, -0.2) is 4.98 Å². The first-order valence-electron chi connectivity index (χ1n) is 11.5. The SMILES string of the molecule is COc1cc(Nc2c(C#N)cnc3cc(-c4cncn4CCN4CCOCC4)ccc23)c(Cl)cc1Cl. The van der Waals surface area contributed by atoms with E-state index >= 15 is 0 Å². The number of benzene rings is 2. The number of nitrogens with one attached hydrogen (secondary N) is 1. The van der Waals surface area contributed by atoms with E-state index in [-0.39, 0.29) is 0 Å². The number of ether oxygens (including phenoxy) is 2. The van der Waals surface area contributed by atoms with Crippen molar-refractivity contribution < 1.29 is 9.47 Å². The average molecular weight is 523 g/mol. The molecular formula is C26H24Cl2N6O2. The zero-order valence-corrected chi connectivity index (χ0v) is 21.2. The highest BCUT2D eigenvalue weighted by atomic mass is 35.5. The van der Waals surface area contributed by atoms with E-state index in [1.54, 1.807) is 18.3 Å². The van der Waals surface area contributed by atoms with Crippen molar-refractivity contribution >= 4 is 45.5 Å². The minimum absolute atomic E-state index is 0.399. The average Bonchev–Trinajstić information content (AvgIpc) is 3.38. The molecule has 1 aliphatic rings. The Morgan fingerprint density at radius 2 is 1.94 bits per heavy atom. The molecule has 36 heavy (non-hydrogen) atoms. The Morgan fingerprint density at radius 1 is 1.11 bits per heavy atom. The smallest absolute Gasteiger partial charge is 0.139 e. The molecule has 1 N–H and O–H groups in total. The summed E-state index contributed by atoms with van der Waals surface area (Å²) in [5, 5.41) is 14.6. The Kier molecular flexibility index (Phi) is 7.25. The number of methoxy groups -OCH3 is 1. The van der Waals surface area contributed by atoms with Crippen molar-refractivity contribution in [3.8, 4) is 23.1 Å². The molecule has 0 unspecified atom stereocenters. The van der Waals surface area contributed by atoms with Crippen LogP contribution in [0.2, 0.25) is 10.0 Å². The van der Waals surface area contributed by atoms with E-state index in [0.717, 1.165) is 61.6 Å². The summed E-state index contributed by atoms with van der Waals surface area (Å²) in [4.78, 5) is 11.3. The third kappa shape index (κ3) is 4.97. The van der Waals surface area contributed by atoms with E-state index in [4.69, 9.17) is 32.7 Å². The molecule has 10 heteroatoms. The molecule has 1 fully saturated rings. The predicted octanol–water partition coefficient (Wildman–Crippen LogP) is 5.36. The number of morpholine rings is 1. The van der Waals surface area contributed by atoms with Crippen molar-refractivity contribution in [3.63, 3.8) is 0 Å². The molecule has 3 heterocycles. The molecule has 1 saturated heterocycles. The monoisotopic (exact) mass is 522 g/mol. The van der Waals surface area contributed by atoms with Crippen molar-refractivity contribution in [2.45, 2.75) is 6.54 Å². The van der Waals surface area contributed by atoms with Crippen LogP contribution >= 0.6 is 23.2 Å². The molecule has 0 radical (unpaired) electrons. The van der Waals surface area contributed by atoms with Crippen LogP contribution in [0, 0.1) is 11.3 Å². The predicted molar refractivity (Wildman–Crippen MR) is 141 cm³/mol. The van der Waals surface area contributed by atoms with Crippen molar-refractivity contribution in [2.75, 3.05) is 45.3 Å². The summed E-state index contributed by atoms with van der Waals surface area (Å²) in [6.45, 7) is 5.22. The third-order valence-electron chi connectivity index (χ3n) is 6.26. The topological polar surface area (TPSA) is 88.2 Å². The Bertz CT molecular complexity index is 1440. The van der Waals surface area contributed by atoms with Gasteiger partial charge in [0.25, 0.3) is 0 Å². The fourth-order valence-corrected chi connectivity index (χ4v) is 4.81. The minimum Gasteiger partial charge on any atom is -0.495 e. The number of aromatic nitrogens is 3. The Balaban J connectivity index is 1.47. The van der Waals surface area contributed by atoms with Gasteiger partial charge in [-0.15, -0.1) is 0 Å². The van der Waals surface area contributed by atoms with E-state index in [2.05, 4.69) is 30.8 Å². The summed E-state index contributed by atoms with van der Waals surface area (Å²) in [6, 6.07) is 11.5. The van der Waals surface area contributed by atoms with E-state index in [1.807, 2.05) is 30.7 Å². The molecule has 0 aliphatic carbocycles. The number of nitriles is 1. The van der Waals surface area contributed by atoms with Crippen molar-refractivity contribution in [3.05, 3.63) is 64.7 Å². The first-order chi connectivity index (χ1) is 17.6. The van der Waals surface area contributed by atoms with Gasteiger partial charge in [0.15, 0.2) is 0 Å². The number of hydrogen-bond acceptors (Lipinski definition) is 7. The summed E-state index contributed by atoms with van der Waals surface area (Å²) >= 11 is 12.6. The first-order valence-corrected chi connectivity index (χ1v) is 12.3. The van der Waals surface area contributed by atoms with Crippen LogP contribution in [-0.4, -0.2) is 59.4 Å². The second-order valence-electron chi connectivity index (χ2n) is 8.41. The van der Waals surface area contributed by atoms with Crippen LogP contribution in [-0.2, 0) is 11.3 Å². The maximum Gasteiger partial charge on any atom is 0.139 e. The Labute approximate surface area is 219 Å². The van der Waals surface area contributed by atoms with Crippen molar-refractivity contribution in [1.82, 2.24) is 19.4 Å². The van der Waals surface area contributed by atoms with E-state index < -0.39 is 0 Å². The second kappa shape index (κ2) is 10.7. The zero-order chi connectivity index (χ0) is 25.1. The van der Waals surface area contributed by atoms with Gasteiger partial charge in [0.05, 0.1) is 71.0 Å². The summed E-state index contributed by atoms with van der Waals surface area (Å²) in [5.41, 5.74) is 4.34. The number of nitrogens with zero attached hydrogens (tertiary/aromatic N) is 5. The molecule has 1 aliphatic heterocycles. The van der Waals surface area contributed by atoms with Crippen LogP contribution in [0.4, 0.5) is 11.4 Å². The van der Waals surface area contributed by atoms with Gasteiger partial charge >= 0.3 is 0 Å². The van der Waals surface area contributed by atoms with Gasteiger partial charge in [-0.05, 0) is 18.2 Å². The number of hydrogen-bond donors (Lipinski definition) is 1.